The average molecular weight is 668 g/mol. The smallest absolute Gasteiger partial charge is 0.435 e. The van der Waals surface area contributed by atoms with Gasteiger partial charge >= 0.3 is 19.8 Å². The third-order valence-corrected chi connectivity index (χ3v) is 8.30. The Kier molecular flexibility index (Phi) is 14.5. The zero-order valence-electron chi connectivity index (χ0n) is 28.6. The summed E-state index contributed by atoms with van der Waals surface area (Å²) in [5, 5.41) is 5.96. The maximum Gasteiger partial charge on any atom is 0.475 e. The lowest BCUT2D eigenvalue weighted by Gasteiger charge is -2.31. The number of phosphoric ester groups is 1. The number of rotatable bonds is 17. The number of nitrogens with one attached hydrogen (secondary N) is 2. The summed E-state index contributed by atoms with van der Waals surface area (Å²) in [6.07, 6.45) is -0.697. The van der Waals surface area contributed by atoms with E-state index in [0.717, 1.165) is 29.9 Å². The van der Waals surface area contributed by atoms with Crippen molar-refractivity contribution < 1.29 is 32.8 Å². The van der Waals surface area contributed by atoms with Gasteiger partial charge in [-0.05, 0) is 73.4 Å². The first-order valence-electron chi connectivity index (χ1n) is 16.2. The molecule has 256 valence electrons. The van der Waals surface area contributed by atoms with Crippen LogP contribution in [0.5, 0.6) is 0 Å². The fraction of sp³-hybridized carbons (Fsp3) is 0.444. The van der Waals surface area contributed by atoms with Crippen molar-refractivity contribution in [2.45, 2.75) is 80.1 Å². The lowest BCUT2D eigenvalue weighted by atomic mass is 9.92. The highest BCUT2D eigenvalue weighted by Gasteiger charge is 2.28. The number of carbonyl (C=O) groups is 2. The summed E-state index contributed by atoms with van der Waals surface area (Å²) in [4.78, 5) is 38.6. The average Bonchev–Trinajstić information content (AvgIpc) is 2.99. The van der Waals surface area contributed by atoms with Crippen molar-refractivity contribution in [1.29, 1.82) is 0 Å². The van der Waals surface area contributed by atoms with Crippen LogP contribution in [0.4, 0.5) is 21.9 Å². The molecule has 0 aliphatic heterocycles. The van der Waals surface area contributed by atoms with E-state index in [1.165, 1.54) is 6.92 Å². The molecule has 0 bridgehead atoms. The molecular formula is C36H50N3O7P. The van der Waals surface area contributed by atoms with Gasteiger partial charge < -0.3 is 25.2 Å². The van der Waals surface area contributed by atoms with Crippen molar-refractivity contribution in [1.82, 2.24) is 0 Å². The fourth-order valence-electron chi connectivity index (χ4n) is 5.16. The van der Waals surface area contributed by atoms with Gasteiger partial charge in [0.2, 0.25) is 6.29 Å². The van der Waals surface area contributed by atoms with Gasteiger partial charge in [-0.2, -0.15) is 0 Å². The molecule has 3 aromatic rings. The quantitative estimate of drug-likeness (QED) is 0.0740. The largest absolute Gasteiger partial charge is 0.475 e. The molecule has 3 aromatic carbocycles. The molecule has 0 saturated carbocycles. The van der Waals surface area contributed by atoms with Crippen LogP contribution in [-0.4, -0.2) is 36.3 Å². The minimum absolute atomic E-state index is 0.000848. The molecule has 3 atom stereocenters. The molecule has 47 heavy (non-hydrogen) atoms. The molecule has 3 N–H and O–H groups in total. The second-order valence-electron chi connectivity index (χ2n) is 12.6. The summed E-state index contributed by atoms with van der Waals surface area (Å²) >= 11 is 0. The second-order valence-corrected chi connectivity index (χ2v) is 14.0. The third-order valence-electron chi connectivity index (χ3n) is 7.28. The number of carbonyl (C=O) groups excluding carboxylic acids is 2. The molecule has 3 rings (SSSR count). The van der Waals surface area contributed by atoms with Crippen LogP contribution in [-0.2, 0) is 29.8 Å². The van der Waals surface area contributed by atoms with Gasteiger partial charge in [0.05, 0.1) is 24.4 Å². The highest BCUT2D eigenvalue weighted by atomic mass is 31.2. The Morgan fingerprint density at radius 1 is 0.894 bits per heavy atom. The van der Waals surface area contributed by atoms with Gasteiger partial charge in [-0.25, -0.2) is 13.9 Å². The number of hydrogen-bond donors (Lipinski definition) is 3. The van der Waals surface area contributed by atoms with E-state index in [9.17, 15) is 19.0 Å². The van der Waals surface area contributed by atoms with Crippen molar-refractivity contribution in [3.63, 3.8) is 0 Å². The summed E-state index contributed by atoms with van der Waals surface area (Å²) < 4.78 is 27.9. The predicted octanol–water partition coefficient (Wildman–Crippen LogP) is 8.86. The summed E-state index contributed by atoms with van der Waals surface area (Å²) in [5.41, 5.74) is 4.84. The highest BCUT2D eigenvalue weighted by Crippen LogP contribution is 2.45. The molecule has 0 heterocycles. The molecule has 2 unspecified atom stereocenters. The predicted molar refractivity (Wildman–Crippen MR) is 187 cm³/mol. The van der Waals surface area contributed by atoms with Gasteiger partial charge in [-0.1, -0.05) is 88.7 Å². The van der Waals surface area contributed by atoms with Crippen LogP contribution in [0.2, 0.25) is 0 Å². The first-order valence-corrected chi connectivity index (χ1v) is 17.7. The Hall–Kier alpha value is -3.69. The van der Waals surface area contributed by atoms with Crippen LogP contribution in [0, 0.1) is 18.8 Å². The number of aryl methyl sites for hydroxylation is 1. The van der Waals surface area contributed by atoms with Crippen molar-refractivity contribution in [3.8, 4) is 0 Å². The molecule has 0 radical (unpaired) electrons. The molecule has 0 saturated heterocycles. The van der Waals surface area contributed by atoms with Crippen LogP contribution in [0.15, 0.2) is 72.8 Å². The van der Waals surface area contributed by atoms with E-state index in [0.29, 0.717) is 35.2 Å². The molecule has 10 nitrogen and oxygen atoms in total. The molecule has 0 spiro atoms. The Bertz CT molecular complexity index is 1470. The van der Waals surface area contributed by atoms with Gasteiger partial charge in [-0.3, -0.25) is 9.32 Å². The summed E-state index contributed by atoms with van der Waals surface area (Å²) in [6, 6.07) is 22.0. The summed E-state index contributed by atoms with van der Waals surface area (Å²) in [6.45, 7) is 15.4. The Morgan fingerprint density at radius 3 is 2.13 bits per heavy atom. The number of benzene rings is 3. The van der Waals surface area contributed by atoms with Crippen LogP contribution in [0.1, 0.15) is 77.0 Å². The number of urea groups is 1. The molecule has 0 aliphatic carbocycles. The number of anilines is 3. The minimum atomic E-state index is -4.48. The van der Waals surface area contributed by atoms with Crippen LogP contribution in [0.25, 0.3) is 0 Å². The number of nitrogens with zero attached hydrogens (tertiary/aromatic N) is 1. The van der Waals surface area contributed by atoms with E-state index in [-0.39, 0.29) is 25.0 Å². The van der Waals surface area contributed by atoms with Gasteiger partial charge in [0.1, 0.15) is 0 Å². The van der Waals surface area contributed by atoms with Crippen molar-refractivity contribution in [3.05, 3.63) is 89.5 Å². The molecule has 2 amide bonds. The lowest BCUT2D eigenvalue weighted by Crippen LogP contribution is -2.32. The van der Waals surface area contributed by atoms with Crippen molar-refractivity contribution in [2.24, 2.45) is 11.8 Å². The molecule has 11 heteroatoms. The van der Waals surface area contributed by atoms with E-state index >= 15 is 0 Å². The number of esters is 1. The standard InChI is InChI=1S/C36H50N3O7P/c1-8-30(21-35(40)45-28(7)46-47(42,43)44-24-29-12-10-9-11-13-29)31-16-19-34(39(22-25(2)3)23-26(4)5)33(20-31)38-36(41)37-32-17-14-27(6)15-18-32/h9-20,25-26,28,30H,8,21-24H2,1-7H3,(H,42,43)(H2,37,38,41)/t28?,30-/m0/s1. The Balaban J connectivity index is 1.75. The van der Waals surface area contributed by atoms with E-state index in [1.807, 2.05) is 62.4 Å². The highest BCUT2D eigenvalue weighted by molar-refractivity contribution is 7.47. The maximum absolute atomic E-state index is 13.2. The van der Waals surface area contributed by atoms with E-state index in [1.54, 1.807) is 24.3 Å². The fourth-order valence-corrected chi connectivity index (χ4v) is 5.95. The van der Waals surface area contributed by atoms with Crippen LogP contribution < -0.4 is 15.5 Å². The molecule has 0 fully saturated rings. The summed E-state index contributed by atoms with van der Waals surface area (Å²) in [7, 11) is -4.48. The van der Waals surface area contributed by atoms with E-state index in [2.05, 4.69) is 43.2 Å². The molecule has 0 aromatic heterocycles. The third kappa shape index (κ3) is 13.1. The Labute approximate surface area is 279 Å². The van der Waals surface area contributed by atoms with Crippen LogP contribution >= 0.6 is 7.82 Å². The number of ether oxygens (including phenoxy) is 1. The van der Waals surface area contributed by atoms with Crippen LogP contribution in [0.3, 0.4) is 0 Å². The van der Waals surface area contributed by atoms with Crippen molar-refractivity contribution in [2.75, 3.05) is 28.6 Å². The lowest BCUT2D eigenvalue weighted by molar-refractivity contribution is -0.163. The topological polar surface area (TPSA) is 126 Å². The summed E-state index contributed by atoms with van der Waals surface area (Å²) in [5.74, 6) is -0.0567. The first-order chi connectivity index (χ1) is 22.2. The number of amides is 2. The molecule has 0 aliphatic rings. The molecular weight excluding hydrogens is 617 g/mol. The SMILES string of the molecule is CC[C@@H](CC(=O)OC(C)OP(=O)(O)OCc1ccccc1)c1ccc(N(CC(C)C)CC(C)C)c(NC(=O)Nc2ccc(C)cc2)c1. The monoisotopic (exact) mass is 667 g/mol. The minimum Gasteiger partial charge on any atom is -0.435 e. The van der Waals surface area contributed by atoms with Gasteiger partial charge in [-0.15, -0.1) is 0 Å². The zero-order valence-corrected chi connectivity index (χ0v) is 29.5. The normalized spacial score (nSPS) is 13.9. The van der Waals surface area contributed by atoms with Gasteiger partial charge in [0.15, 0.2) is 0 Å². The maximum atomic E-state index is 13.2. The van der Waals surface area contributed by atoms with Gasteiger partial charge in [0.25, 0.3) is 0 Å². The van der Waals surface area contributed by atoms with E-state index < -0.39 is 20.1 Å². The number of hydrogen-bond acceptors (Lipinski definition) is 7. The Morgan fingerprint density at radius 2 is 1.53 bits per heavy atom. The van der Waals surface area contributed by atoms with E-state index in [4.69, 9.17) is 13.8 Å². The zero-order chi connectivity index (χ0) is 34.6. The van der Waals surface area contributed by atoms with Gasteiger partial charge in [0, 0.05) is 18.8 Å². The van der Waals surface area contributed by atoms with Crippen molar-refractivity contribution >= 4 is 36.9 Å². The first kappa shape index (κ1) is 37.8. The second kappa shape index (κ2) is 18.0. The number of phosphoric acid groups is 1.